The minimum absolute atomic E-state index is 0.0253. The highest BCUT2D eigenvalue weighted by Crippen LogP contribution is 2.30. The van der Waals surface area contributed by atoms with E-state index in [1.54, 1.807) is 4.90 Å². The van der Waals surface area contributed by atoms with Crippen LogP contribution in [0.1, 0.15) is 82.9 Å². The Balaban J connectivity index is 1.40. The number of amides is 2. The molecule has 2 heterocycles. The molecular formula is C30H44ClN3O4. The molecule has 2 amide bonds. The fourth-order valence-corrected chi connectivity index (χ4v) is 6.51. The summed E-state index contributed by atoms with van der Waals surface area (Å²) in [5, 5.41) is 0.618. The number of ketones is 1. The van der Waals surface area contributed by atoms with E-state index in [0.29, 0.717) is 23.9 Å². The quantitative estimate of drug-likeness (QED) is 0.480. The molecule has 0 unspecified atom stereocenters. The Hall–Kier alpha value is -2.12. The number of carbonyl (C=O) groups is 3. The molecule has 1 saturated carbocycles. The minimum atomic E-state index is -0.599. The molecule has 7 nitrogen and oxygen atoms in total. The van der Waals surface area contributed by atoms with Crippen molar-refractivity contribution in [1.29, 1.82) is 0 Å². The summed E-state index contributed by atoms with van der Waals surface area (Å²) in [6.45, 7) is 13.4. The topological polar surface area (TPSA) is 70.2 Å². The van der Waals surface area contributed by atoms with E-state index in [0.717, 1.165) is 62.1 Å². The first-order valence-corrected chi connectivity index (χ1v) is 14.6. The molecule has 0 N–H and O–H groups in total. The van der Waals surface area contributed by atoms with Crippen molar-refractivity contribution in [2.24, 2.45) is 5.92 Å². The lowest BCUT2D eigenvalue weighted by Crippen LogP contribution is -2.54. The maximum Gasteiger partial charge on any atom is 0.410 e. The van der Waals surface area contributed by atoms with E-state index in [2.05, 4.69) is 23.6 Å². The summed E-state index contributed by atoms with van der Waals surface area (Å²) < 4.78 is 5.54. The first-order chi connectivity index (χ1) is 17.9. The average Bonchev–Trinajstić information content (AvgIpc) is 3.53. The molecule has 2 aliphatic heterocycles. The summed E-state index contributed by atoms with van der Waals surface area (Å²) >= 11 is 6.53. The second-order valence-corrected chi connectivity index (χ2v) is 12.9. The van der Waals surface area contributed by atoms with Crippen LogP contribution in [0.5, 0.6) is 0 Å². The van der Waals surface area contributed by atoms with Crippen LogP contribution >= 0.6 is 11.6 Å². The van der Waals surface area contributed by atoms with Gasteiger partial charge in [0.1, 0.15) is 5.60 Å². The standard InChI is InChI=1S/C30H44ClN3O4/c1-20-18-32(13-14-33(20)28(36)22-9-6-7-10-22)19-24-16-25(31)15-23(21(24)2)17-27(35)26-11-8-12-34(26)29(37)38-30(3,4)5/h15-16,20,22,26H,6-14,17-19H2,1-5H3/t20-,26+/m0/s1. The Kier molecular flexibility index (Phi) is 9.08. The SMILES string of the molecule is Cc1c(CC(=O)[C@H]2CCCN2C(=O)OC(C)(C)C)cc(Cl)cc1CN1CCN(C(=O)C2CCCC2)[C@@H](C)C1. The first kappa shape index (κ1) is 28.9. The highest BCUT2D eigenvalue weighted by molar-refractivity contribution is 6.30. The average molecular weight is 546 g/mol. The van der Waals surface area contributed by atoms with Crippen molar-refractivity contribution in [3.8, 4) is 0 Å². The number of Topliss-reactive ketones (excluding diaryl/α,β-unsaturated/α-hetero) is 1. The second kappa shape index (κ2) is 12.0. The molecule has 38 heavy (non-hydrogen) atoms. The van der Waals surface area contributed by atoms with Gasteiger partial charge in [0.25, 0.3) is 0 Å². The summed E-state index contributed by atoms with van der Waals surface area (Å²) in [7, 11) is 0. The molecule has 0 bridgehead atoms. The molecule has 1 aliphatic carbocycles. The Bertz CT molecular complexity index is 1050. The smallest absolute Gasteiger partial charge is 0.410 e. The van der Waals surface area contributed by atoms with Crippen molar-refractivity contribution >= 4 is 29.4 Å². The molecule has 4 rings (SSSR count). The van der Waals surface area contributed by atoms with Gasteiger partial charge in [-0.3, -0.25) is 19.4 Å². The van der Waals surface area contributed by atoms with Crippen LogP contribution < -0.4 is 0 Å². The highest BCUT2D eigenvalue weighted by Gasteiger charge is 2.37. The molecule has 1 aromatic rings. The predicted molar refractivity (Wildman–Crippen MR) is 149 cm³/mol. The Morgan fingerprint density at radius 2 is 1.66 bits per heavy atom. The molecule has 8 heteroatoms. The fourth-order valence-electron chi connectivity index (χ4n) is 6.24. The van der Waals surface area contributed by atoms with Gasteiger partial charge in [-0.15, -0.1) is 0 Å². The van der Waals surface area contributed by atoms with Crippen LogP contribution in [0.3, 0.4) is 0 Å². The number of likely N-dealkylation sites (tertiary alicyclic amines) is 1. The number of hydrogen-bond acceptors (Lipinski definition) is 5. The van der Waals surface area contributed by atoms with Crippen LogP contribution in [-0.4, -0.2) is 76.3 Å². The minimum Gasteiger partial charge on any atom is -0.444 e. The van der Waals surface area contributed by atoms with Gasteiger partial charge in [0.2, 0.25) is 5.91 Å². The van der Waals surface area contributed by atoms with Gasteiger partial charge in [-0.1, -0.05) is 24.4 Å². The van der Waals surface area contributed by atoms with Gasteiger partial charge in [-0.05, 0) is 89.1 Å². The van der Waals surface area contributed by atoms with Crippen molar-refractivity contribution in [1.82, 2.24) is 14.7 Å². The molecule has 3 aliphatic rings. The number of hydrogen-bond donors (Lipinski definition) is 0. The second-order valence-electron chi connectivity index (χ2n) is 12.4. The lowest BCUT2D eigenvalue weighted by Gasteiger charge is -2.41. The molecule has 1 aromatic carbocycles. The maximum absolute atomic E-state index is 13.4. The van der Waals surface area contributed by atoms with E-state index in [1.807, 2.05) is 32.9 Å². The van der Waals surface area contributed by atoms with Crippen LogP contribution in [0.4, 0.5) is 4.79 Å². The van der Waals surface area contributed by atoms with Crippen LogP contribution in [-0.2, 0) is 27.3 Å². The number of ether oxygens (including phenoxy) is 1. The summed E-state index contributed by atoms with van der Waals surface area (Å²) in [5.74, 6) is 0.574. The van der Waals surface area contributed by atoms with Gasteiger partial charge in [0.15, 0.2) is 5.78 Å². The number of halogens is 1. The van der Waals surface area contributed by atoms with E-state index in [4.69, 9.17) is 16.3 Å². The maximum atomic E-state index is 13.4. The molecule has 2 saturated heterocycles. The van der Waals surface area contributed by atoms with Crippen molar-refractivity contribution in [3.05, 3.63) is 33.8 Å². The Labute approximate surface area is 232 Å². The largest absolute Gasteiger partial charge is 0.444 e. The lowest BCUT2D eigenvalue weighted by molar-refractivity contribution is -0.140. The molecule has 2 atom stereocenters. The third-order valence-corrected chi connectivity index (χ3v) is 8.52. The number of benzene rings is 1. The number of carbonyl (C=O) groups excluding carboxylic acids is 3. The summed E-state index contributed by atoms with van der Waals surface area (Å²) in [6.07, 6.45) is 5.68. The van der Waals surface area contributed by atoms with Gasteiger partial charge in [0, 0.05) is 56.1 Å². The Morgan fingerprint density at radius 1 is 0.974 bits per heavy atom. The zero-order valence-corrected chi connectivity index (χ0v) is 24.5. The van der Waals surface area contributed by atoms with Crippen molar-refractivity contribution in [3.63, 3.8) is 0 Å². The van der Waals surface area contributed by atoms with E-state index >= 15 is 0 Å². The van der Waals surface area contributed by atoms with Crippen LogP contribution in [0.15, 0.2) is 12.1 Å². The highest BCUT2D eigenvalue weighted by atomic mass is 35.5. The zero-order valence-electron chi connectivity index (χ0n) is 23.7. The van der Waals surface area contributed by atoms with Crippen LogP contribution in [0.2, 0.25) is 5.02 Å². The third kappa shape index (κ3) is 6.90. The van der Waals surface area contributed by atoms with Crippen molar-refractivity contribution in [2.45, 2.75) is 104 Å². The van der Waals surface area contributed by atoms with E-state index < -0.39 is 17.7 Å². The summed E-state index contributed by atoms with van der Waals surface area (Å²) in [6, 6.07) is 3.59. The number of nitrogens with zero attached hydrogens (tertiary/aromatic N) is 3. The number of rotatable bonds is 6. The molecule has 210 valence electrons. The molecule has 3 fully saturated rings. The molecule has 0 radical (unpaired) electrons. The lowest BCUT2D eigenvalue weighted by atomic mass is 9.95. The predicted octanol–water partition coefficient (Wildman–Crippen LogP) is 5.38. The van der Waals surface area contributed by atoms with Gasteiger partial charge < -0.3 is 9.64 Å². The number of piperazine rings is 1. The third-order valence-electron chi connectivity index (χ3n) is 8.30. The molecular weight excluding hydrogens is 502 g/mol. The van der Waals surface area contributed by atoms with Gasteiger partial charge >= 0.3 is 6.09 Å². The zero-order chi connectivity index (χ0) is 27.6. The van der Waals surface area contributed by atoms with Crippen molar-refractivity contribution in [2.75, 3.05) is 26.2 Å². The fraction of sp³-hybridized carbons (Fsp3) is 0.700. The van der Waals surface area contributed by atoms with Crippen molar-refractivity contribution < 1.29 is 19.1 Å². The van der Waals surface area contributed by atoms with Crippen LogP contribution in [0, 0.1) is 12.8 Å². The molecule has 0 spiro atoms. The summed E-state index contributed by atoms with van der Waals surface area (Å²) in [5.41, 5.74) is 2.50. The van der Waals surface area contributed by atoms with E-state index in [-0.39, 0.29) is 24.2 Å². The van der Waals surface area contributed by atoms with Gasteiger partial charge in [-0.2, -0.15) is 0 Å². The van der Waals surface area contributed by atoms with Crippen LogP contribution in [0.25, 0.3) is 0 Å². The monoisotopic (exact) mass is 545 g/mol. The van der Waals surface area contributed by atoms with Gasteiger partial charge in [0.05, 0.1) is 6.04 Å². The van der Waals surface area contributed by atoms with Gasteiger partial charge in [-0.25, -0.2) is 4.79 Å². The van der Waals surface area contributed by atoms with E-state index in [9.17, 15) is 14.4 Å². The summed E-state index contributed by atoms with van der Waals surface area (Å²) in [4.78, 5) is 45.1. The normalized spacial score (nSPS) is 23.2. The first-order valence-electron chi connectivity index (χ1n) is 14.3. The molecule has 0 aromatic heterocycles. The van der Waals surface area contributed by atoms with E-state index in [1.165, 1.54) is 12.8 Å². The Morgan fingerprint density at radius 3 is 2.32 bits per heavy atom.